The summed E-state index contributed by atoms with van der Waals surface area (Å²) in [6, 6.07) is 10.1. The molecule has 7 nitrogen and oxygen atoms in total. The molecule has 1 heterocycles. The first-order valence-corrected chi connectivity index (χ1v) is 8.67. The van der Waals surface area contributed by atoms with E-state index in [2.05, 4.69) is 30.7 Å². The molecule has 0 fully saturated rings. The van der Waals surface area contributed by atoms with Crippen molar-refractivity contribution in [3.8, 4) is 5.75 Å². The van der Waals surface area contributed by atoms with Crippen molar-refractivity contribution in [1.29, 1.82) is 0 Å². The molecule has 1 amide bonds. The molecule has 0 atom stereocenters. The summed E-state index contributed by atoms with van der Waals surface area (Å²) in [5, 5.41) is 8.70. The molecule has 3 N–H and O–H groups in total. The molecule has 1 aromatic heterocycles. The summed E-state index contributed by atoms with van der Waals surface area (Å²) in [5.41, 5.74) is 1.57. The van der Waals surface area contributed by atoms with Crippen molar-refractivity contribution in [3.05, 3.63) is 53.7 Å². The van der Waals surface area contributed by atoms with Crippen LogP contribution in [0.4, 0.5) is 14.6 Å². The van der Waals surface area contributed by atoms with E-state index in [1.807, 2.05) is 13.0 Å². The lowest BCUT2D eigenvalue weighted by Gasteiger charge is -2.14. The van der Waals surface area contributed by atoms with Gasteiger partial charge in [-0.1, -0.05) is 24.3 Å². The van der Waals surface area contributed by atoms with Gasteiger partial charge in [-0.3, -0.25) is 9.79 Å². The maximum atomic E-state index is 12.5. The van der Waals surface area contributed by atoms with Crippen molar-refractivity contribution in [2.45, 2.75) is 26.5 Å². The molecule has 150 valence electrons. The summed E-state index contributed by atoms with van der Waals surface area (Å²) in [5.74, 6) is 0.849. The molecule has 2 aromatic rings. The highest BCUT2D eigenvalue weighted by Gasteiger charge is 2.10. The number of aromatic nitrogens is 1. The number of anilines is 1. The lowest BCUT2D eigenvalue weighted by molar-refractivity contribution is -0.116. The maximum Gasteiger partial charge on any atom is 0.387 e. The lowest BCUT2D eigenvalue weighted by Crippen LogP contribution is -2.38. The minimum atomic E-state index is -2.89. The molecule has 1 aromatic carbocycles. The number of halogens is 2. The van der Waals surface area contributed by atoms with Crippen LogP contribution >= 0.6 is 0 Å². The quantitative estimate of drug-likeness (QED) is 0.476. The SMILES string of the molecule is CN=C(NCCC(=O)Nc1ccc(C)cn1)NCc1ccccc1OC(F)F. The van der Waals surface area contributed by atoms with E-state index in [-0.39, 0.29) is 24.6 Å². The second-order valence-corrected chi connectivity index (χ2v) is 5.86. The molecular formula is C19H23F2N5O2. The van der Waals surface area contributed by atoms with E-state index in [0.717, 1.165) is 5.56 Å². The number of carbonyl (C=O) groups is 1. The number of aliphatic imine (C=N–C) groups is 1. The Morgan fingerprint density at radius 2 is 2.00 bits per heavy atom. The number of alkyl halides is 2. The van der Waals surface area contributed by atoms with E-state index in [1.165, 1.54) is 6.07 Å². The van der Waals surface area contributed by atoms with Crippen molar-refractivity contribution in [2.75, 3.05) is 18.9 Å². The van der Waals surface area contributed by atoms with Crippen molar-refractivity contribution < 1.29 is 18.3 Å². The van der Waals surface area contributed by atoms with Crippen LogP contribution in [0.1, 0.15) is 17.5 Å². The first kappa shape index (κ1) is 21.1. The molecular weight excluding hydrogens is 368 g/mol. The number of nitrogens with one attached hydrogen (secondary N) is 3. The van der Waals surface area contributed by atoms with Gasteiger partial charge in [0.15, 0.2) is 5.96 Å². The summed E-state index contributed by atoms with van der Waals surface area (Å²) in [7, 11) is 1.58. The second-order valence-electron chi connectivity index (χ2n) is 5.86. The number of nitrogens with zero attached hydrogens (tertiary/aromatic N) is 2. The molecule has 0 saturated heterocycles. The fraction of sp³-hybridized carbons (Fsp3) is 0.316. The van der Waals surface area contributed by atoms with E-state index >= 15 is 0 Å². The highest BCUT2D eigenvalue weighted by atomic mass is 19.3. The predicted octanol–water partition coefficient (Wildman–Crippen LogP) is 2.69. The van der Waals surface area contributed by atoms with Crippen LogP contribution in [-0.2, 0) is 11.3 Å². The van der Waals surface area contributed by atoms with E-state index in [4.69, 9.17) is 0 Å². The molecule has 0 saturated carbocycles. The Morgan fingerprint density at radius 1 is 1.21 bits per heavy atom. The normalized spacial score (nSPS) is 11.2. The van der Waals surface area contributed by atoms with E-state index in [9.17, 15) is 13.6 Å². The third-order valence-electron chi connectivity index (χ3n) is 3.68. The van der Waals surface area contributed by atoms with Crippen LogP contribution in [0, 0.1) is 6.92 Å². The molecule has 0 aliphatic heterocycles. The van der Waals surface area contributed by atoms with Gasteiger partial charge in [0.1, 0.15) is 11.6 Å². The number of ether oxygens (including phenoxy) is 1. The number of hydrogen-bond acceptors (Lipinski definition) is 4. The van der Waals surface area contributed by atoms with Crippen LogP contribution in [-0.4, -0.2) is 37.1 Å². The molecule has 28 heavy (non-hydrogen) atoms. The van der Waals surface area contributed by atoms with Gasteiger partial charge in [-0.05, 0) is 24.6 Å². The van der Waals surface area contributed by atoms with Crippen LogP contribution < -0.4 is 20.7 Å². The Hall–Kier alpha value is -3.23. The largest absolute Gasteiger partial charge is 0.434 e. The third-order valence-corrected chi connectivity index (χ3v) is 3.68. The van der Waals surface area contributed by atoms with Crippen molar-refractivity contribution in [2.24, 2.45) is 4.99 Å². The van der Waals surface area contributed by atoms with Crippen LogP contribution in [0.5, 0.6) is 5.75 Å². The third kappa shape index (κ3) is 7.18. The standard InChI is InChI=1S/C19H23F2N5O2/c1-13-7-8-16(24-11-13)26-17(27)9-10-23-19(22-2)25-12-14-5-3-4-6-15(14)28-18(20)21/h3-8,11,18H,9-10,12H2,1-2H3,(H2,22,23,25)(H,24,26,27). The van der Waals surface area contributed by atoms with Crippen molar-refractivity contribution in [3.63, 3.8) is 0 Å². The van der Waals surface area contributed by atoms with Crippen LogP contribution in [0.15, 0.2) is 47.6 Å². The Labute approximate surface area is 162 Å². The van der Waals surface area contributed by atoms with Gasteiger partial charge in [-0.15, -0.1) is 0 Å². The fourth-order valence-corrected chi connectivity index (χ4v) is 2.30. The number of rotatable bonds is 8. The molecule has 0 aliphatic rings. The zero-order chi connectivity index (χ0) is 20.4. The van der Waals surface area contributed by atoms with Gasteiger partial charge in [-0.2, -0.15) is 8.78 Å². The molecule has 2 rings (SSSR count). The van der Waals surface area contributed by atoms with E-state index in [0.29, 0.717) is 23.9 Å². The number of pyridine rings is 1. The lowest BCUT2D eigenvalue weighted by atomic mass is 10.2. The van der Waals surface area contributed by atoms with Gasteiger partial charge in [0.2, 0.25) is 5.91 Å². The average molecular weight is 391 g/mol. The summed E-state index contributed by atoms with van der Waals surface area (Å²) >= 11 is 0. The molecule has 0 unspecified atom stereocenters. The highest BCUT2D eigenvalue weighted by molar-refractivity contribution is 5.90. The molecule has 9 heteroatoms. The van der Waals surface area contributed by atoms with Gasteiger partial charge in [0.05, 0.1) is 0 Å². The number of guanidine groups is 1. The number of para-hydroxylation sites is 1. The number of hydrogen-bond donors (Lipinski definition) is 3. The molecule has 0 bridgehead atoms. The van der Waals surface area contributed by atoms with Crippen molar-refractivity contribution in [1.82, 2.24) is 15.6 Å². The van der Waals surface area contributed by atoms with E-state index < -0.39 is 6.61 Å². The van der Waals surface area contributed by atoms with Gasteiger partial charge in [-0.25, -0.2) is 4.98 Å². The van der Waals surface area contributed by atoms with Gasteiger partial charge < -0.3 is 20.7 Å². The number of amides is 1. The Morgan fingerprint density at radius 3 is 2.68 bits per heavy atom. The molecule has 0 spiro atoms. The van der Waals surface area contributed by atoms with Crippen LogP contribution in [0.2, 0.25) is 0 Å². The van der Waals surface area contributed by atoms with Crippen LogP contribution in [0.3, 0.4) is 0 Å². The Balaban J connectivity index is 1.77. The minimum absolute atomic E-state index is 0.102. The number of aryl methyl sites for hydroxylation is 1. The Bertz CT molecular complexity index is 797. The summed E-state index contributed by atoms with van der Waals surface area (Å²) in [6.45, 7) is -0.395. The monoisotopic (exact) mass is 391 g/mol. The average Bonchev–Trinajstić information content (AvgIpc) is 2.67. The predicted molar refractivity (Wildman–Crippen MR) is 103 cm³/mol. The zero-order valence-electron chi connectivity index (χ0n) is 15.7. The fourth-order valence-electron chi connectivity index (χ4n) is 2.30. The van der Waals surface area contributed by atoms with E-state index in [1.54, 1.807) is 37.5 Å². The van der Waals surface area contributed by atoms with Gasteiger partial charge in [0.25, 0.3) is 0 Å². The first-order chi connectivity index (χ1) is 13.5. The van der Waals surface area contributed by atoms with Gasteiger partial charge in [0, 0.05) is 38.3 Å². The molecule has 0 aliphatic carbocycles. The topological polar surface area (TPSA) is 87.6 Å². The maximum absolute atomic E-state index is 12.5. The summed E-state index contributed by atoms with van der Waals surface area (Å²) < 4.78 is 29.4. The first-order valence-electron chi connectivity index (χ1n) is 8.67. The number of benzene rings is 1. The van der Waals surface area contributed by atoms with Gasteiger partial charge >= 0.3 is 6.61 Å². The summed E-state index contributed by atoms with van der Waals surface area (Å²) in [6.07, 6.45) is 1.89. The van der Waals surface area contributed by atoms with Crippen molar-refractivity contribution >= 4 is 17.7 Å². The number of carbonyl (C=O) groups excluding carboxylic acids is 1. The zero-order valence-corrected chi connectivity index (χ0v) is 15.7. The smallest absolute Gasteiger partial charge is 0.387 e. The Kier molecular flexibility index (Phi) is 8.13. The second kappa shape index (κ2) is 10.8. The highest BCUT2D eigenvalue weighted by Crippen LogP contribution is 2.19. The summed E-state index contributed by atoms with van der Waals surface area (Å²) in [4.78, 5) is 20.1. The van der Waals surface area contributed by atoms with Crippen LogP contribution in [0.25, 0.3) is 0 Å². The minimum Gasteiger partial charge on any atom is -0.434 e. The molecule has 0 radical (unpaired) electrons.